The SMILES string of the molecule is CCOc1ccc(CC(=O)N(Cc2ccco2)c2nc3c(C)cccc3s2)cc1. The van der Waals surface area contributed by atoms with Crippen molar-refractivity contribution in [2.45, 2.75) is 26.8 Å². The molecule has 6 heteroatoms. The number of rotatable bonds is 7. The van der Waals surface area contributed by atoms with Crippen molar-refractivity contribution in [2.75, 3.05) is 11.5 Å². The lowest BCUT2D eigenvalue weighted by molar-refractivity contribution is -0.118. The molecule has 148 valence electrons. The van der Waals surface area contributed by atoms with Crippen molar-refractivity contribution in [3.63, 3.8) is 0 Å². The Morgan fingerprint density at radius 3 is 2.66 bits per heavy atom. The molecule has 0 N–H and O–H groups in total. The second-order valence-corrected chi connectivity index (χ2v) is 7.74. The minimum absolute atomic E-state index is 0.0257. The van der Waals surface area contributed by atoms with Gasteiger partial charge in [-0.2, -0.15) is 0 Å². The third-order valence-electron chi connectivity index (χ3n) is 4.63. The van der Waals surface area contributed by atoms with E-state index in [0.29, 0.717) is 18.3 Å². The number of fused-ring (bicyclic) bond motifs is 1. The second-order valence-electron chi connectivity index (χ2n) is 6.73. The molecule has 2 heterocycles. The van der Waals surface area contributed by atoms with Crippen molar-refractivity contribution >= 4 is 32.6 Å². The van der Waals surface area contributed by atoms with Crippen molar-refractivity contribution in [3.8, 4) is 5.75 Å². The monoisotopic (exact) mass is 406 g/mol. The molecule has 4 aromatic rings. The lowest BCUT2D eigenvalue weighted by Crippen LogP contribution is -2.31. The number of benzene rings is 2. The second kappa shape index (κ2) is 8.49. The number of anilines is 1. The fourth-order valence-corrected chi connectivity index (χ4v) is 4.21. The number of amides is 1. The van der Waals surface area contributed by atoms with Crippen LogP contribution in [0.3, 0.4) is 0 Å². The van der Waals surface area contributed by atoms with E-state index in [4.69, 9.17) is 14.1 Å². The molecule has 0 unspecified atom stereocenters. The number of thiazole rings is 1. The number of nitrogens with zero attached hydrogens (tertiary/aromatic N) is 2. The summed E-state index contributed by atoms with van der Waals surface area (Å²) in [6, 6.07) is 17.4. The molecule has 0 fully saturated rings. The maximum atomic E-state index is 13.2. The van der Waals surface area contributed by atoms with Gasteiger partial charge in [0.15, 0.2) is 5.13 Å². The number of carbonyl (C=O) groups is 1. The Hall–Kier alpha value is -3.12. The number of aromatic nitrogens is 1. The van der Waals surface area contributed by atoms with E-state index in [-0.39, 0.29) is 12.3 Å². The molecular weight excluding hydrogens is 384 g/mol. The van der Waals surface area contributed by atoms with Crippen molar-refractivity contribution in [2.24, 2.45) is 0 Å². The van der Waals surface area contributed by atoms with Crippen LogP contribution in [0.25, 0.3) is 10.2 Å². The Morgan fingerprint density at radius 2 is 1.97 bits per heavy atom. The first-order valence-corrected chi connectivity index (χ1v) is 10.4. The summed E-state index contributed by atoms with van der Waals surface area (Å²) in [4.78, 5) is 19.7. The van der Waals surface area contributed by atoms with Gasteiger partial charge in [0.2, 0.25) is 5.91 Å². The average Bonchev–Trinajstić information content (AvgIpc) is 3.38. The van der Waals surface area contributed by atoms with Crippen LogP contribution in [0.2, 0.25) is 0 Å². The largest absolute Gasteiger partial charge is 0.494 e. The van der Waals surface area contributed by atoms with Crippen molar-refractivity contribution in [1.29, 1.82) is 0 Å². The molecule has 0 radical (unpaired) electrons. The first-order chi connectivity index (χ1) is 14.1. The van der Waals surface area contributed by atoms with Gasteiger partial charge in [-0.3, -0.25) is 9.69 Å². The minimum Gasteiger partial charge on any atom is -0.494 e. The van der Waals surface area contributed by atoms with E-state index in [1.165, 1.54) is 11.3 Å². The zero-order chi connectivity index (χ0) is 20.2. The highest BCUT2D eigenvalue weighted by Crippen LogP contribution is 2.32. The summed E-state index contributed by atoms with van der Waals surface area (Å²) in [6.07, 6.45) is 1.90. The third kappa shape index (κ3) is 4.32. The normalized spacial score (nSPS) is 11.0. The highest BCUT2D eigenvalue weighted by Gasteiger charge is 2.22. The summed E-state index contributed by atoms with van der Waals surface area (Å²) in [7, 11) is 0. The number of para-hydroxylation sites is 1. The number of hydrogen-bond acceptors (Lipinski definition) is 5. The molecule has 0 aliphatic carbocycles. The van der Waals surface area contributed by atoms with Gasteiger partial charge in [0.1, 0.15) is 11.5 Å². The zero-order valence-electron chi connectivity index (χ0n) is 16.4. The van der Waals surface area contributed by atoms with Crippen LogP contribution in [0, 0.1) is 6.92 Å². The molecule has 0 bridgehead atoms. The quantitative estimate of drug-likeness (QED) is 0.414. The predicted molar refractivity (Wildman–Crippen MR) is 116 cm³/mol. The van der Waals surface area contributed by atoms with Gasteiger partial charge < -0.3 is 9.15 Å². The Labute approximate surface area is 173 Å². The van der Waals surface area contributed by atoms with Gasteiger partial charge in [0.25, 0.3) is 0 Å². The molecule has 5 nitrogen and oxygen atoms in total. The lowest BCUT2D eigenvalue weighted by Gasteiger charge is -2.19. The Bertz CT molecular complexity index is 1100. The standard InChI is InChI=1S/C23H22N2O3S/c1-3-27-18-11-9-17(10-12-18)14-21(26)25(15-19-7-5-13-28-19)23-24-22-16(2)6-4-8-20(22)29-23/h4-13H,3,14-15H2,1-2H3. The van der Waals surface area contributed by atoms with Crippen molar-refractivity contribution in [3.05, 3.63) is 77.7 Å². The van der Waals surface area contributed by atoms with Crippen LogP contribution in [-0.4, -0.2) is 17.5 Å². The van der Waals surface area contributed by atoms with Crippen LogP contribution in [0.1, 0.15) is 23.8 Å². The number of ether oxygens (including phenoxy) is 1. The van der Waals surface area contributed by atoms with E-state index >= 15 is 0 Å². The molecule has 0 spiro atoms. The van der Waals surface area contributed by atoms with Crippen LogP contribution in [-0.2, 0) is 17.8 Å². The number of hydrogen-bond donors (Lipinski definition) is 0. The fourth-order valence-electron chi connectivity index (χ4n) is 3.15. The first-order valence-electron chi connectivity index (χ1n) is 9.54. The minimum atomic E-state index is -0.0257. The molecule has 2 aromatic carbocycles. The number of furan rings is 1. The lowest BCUT2D eigenvalue weighted by atomic mass is 10.1. The molecule has 2 aromatic heterocycles. The summed E-state index contributed by atoms with van der Waals surface area (Å²) in [5, 5.41) is 0.682. The van der Waals surface area contributed by atoms with Gasteiger partial charge in [-0.05, 0) is 55.3 Å². The Morgan fingerprint density at radius 1 is 1.14 bits per heavy atom. The van der Waals surface area contributed by atoms with Crippen LogP contribution in [0.4, 0.5) is 5.13 Å². The maximum absolute atomic E-state index is 13.2. The van der Waals surface area contributed by atoms with E-state index in [0.717, 1.165) is 32.9 Å². The van der Waals surface area contributed by atoms with E-state index in [9.17, 15) is 4.79 Å². The highest BCUT2D eigenvalue weighted by molar-refractivity contribution is 7.22. The maximum Gasteiger partial charge on any atom is 0.233 e. The van der Waals surface area contributed by atoms with Crippen LogP contribution >= 0.6 is 11.3 Å². The third-order valence-corrected chi connectivity index (χ3v) is 5.67. The molecule has 29 heavy (non-hydrogen) atoms. The fraction of sp³-hybridized carbons (Fsp3) is 0.217. The Kier molecular flexibility index (Phi) is 5.62. The summed E-state index contributed by atoms with van der Waals surface area (Å²) >= 11 is 1.52. The molecule has 4 rings (SSSR count). The summed E-state index contributed by atoms with van der Waals surface area (Å²) < 4.78 is 12.0. The van der Waals surface area contributed by atoms with E-state index < -0.39 is 0 Å². The molecule has 1 amide bonds. The first kappa shape index (κ1) is 19.2. The van der Waals surface area contributed by atoms with Gasteiger partial charge >= 0.3 is 0 Å². The number of carbonyl (C=O) groups excluding carboxylic acids is 1. The smallest absolute Gasteiger partial charge is 0.233 e. The highest BCUT2D eigenvalue weighted by atomic mass is 32.1. The van der Waals surface area contributed by atoms with Gasteiger partial charge in [-0.15, -0.1) is 0 Å². The van der Waals surface area contributed by atoms with Gasteiger partial charge in [-0.1, -0.05) is 35.6 Å². The average molecular weight is 407 g/mol. The van der Waals surface area contributed by atoms with Crippen LogP contribution < -0.4 is 9.64 Å². The van der Waals surface area contributed by atoms with Crippen molar-refractivity contribution in [1.82, 2.24) is 4.98 Å². The molecule has 0 atom stereocenters. The van der Waals surface area contributed by atoms with Crippen LogP contribution in [0.5, 0.6) is 5.75 Å². The summed E-state index contributed by atoms with van der Waals surface area (Å²) in [6.45, 7) is 4.95. The summed E-state index contributed by atoms with van der Waals surface area (Å²) in [5.41, 5.74) is 2.97. The van der Waals surface area contributed by atoms with E-state index in [1.807, 2.05) is 68.4 Å². The van der Waals surface area contributed by atoms with Crippen molar-refractivity contribution < 1.29 is 13.9 Å². The molecule has 0 saturated carbocycles. The topological polar surface area (TPSA) is 55.6 Å². The number of aryl methyl sites for hydroxylation is 1. The molecule has 0 aliphatic rings. The molecule has 0 aliphatic heterocycles. The van der Waals surface area contributed by atoms with Gasteiger partial charge in [0, 0.05) is 0 Å². The van der Waals surface area contributed by atoms with Gasteiger partial charge in [-0.25, -0.2) is 4.98 Å². The predicted octanol–water partition coefficient (Wildman–Crippen LogP) is 5.37. The van der Waals surface area contributed by atoms with Crippen LogP contribution in [0.15, 0.2) is 65.3 Å². The molecule has 0 saturated heterocycles. The van der Waals surface area contributed by atoms with E-state index in [1.54, 1.807) is 11.2 Å². The van der Waals surface area contributed by atoms with E-state index in [2.05, 4.69) is 0 Å². The zero-order valence-corrected chi connectivity index (χ0v) is 17.2. The Balaban J connectivity index is 1.62. The summed E-state index contributed by atoms with van der Waals surface area (Å²) in [5.74, 6) is 1.50. The van der Waals surface area contributed by atoms with Gasteiger partial charge in [0.05, 0.1) is 36.1 Å². The molecular formula is C23H22N2O3S.